The van der Waals surface area contributed by atoms with E-state index in [1.54, 1.807) is 6.92 Å². The number of piperidine rings is 1. The van der Waals surface area contributed by atoms with Crippen molar-refractivity contribution in [1.29, 1.82) is 0 Å². The number of likely N-dealkylation sites (tertiary alicyclic amines) is 1. The zero-order valence-electron chi connectivity index (χ0n) is 23.4. The molecule has 2 heterocycles. The summed E-state index contributed by atoms with van der Waals surface area (Å²) in [5.41, 5.74) is -0.440. The van der Waals surface area contributed by atoms with E-state index in [0.29, 0.717) is 18.5 Å². The second-order valence-electron chi connectivity index (χ2n) is 11.6. The van der Waals surface area contributed by atoms with Crippen LogP contribution in [0.1, 0.15) is 46.2 Å². The minimum atomic E-state index is -2.83. The predicted octanol–water partition coefficient (Wildman–Crippen LogP) is 4.47. The highest BCUT2D eigenvalue weighted by Gasteiger charge is 2.51. The third-order valence-corrected chi connectivity index (χ3v) is 13.2. The quantitative estimate of drug-likeness (QED) is 0.381. The highest BCUT2D eigenvalue weighted by molar-refractivity contribution is 6.99. The van der Waals surface area contributed by atoms with Crippen LogP contribution in [-0.4, -0.2) is 59.5 Å². The highest BCUT2D eigenvalue weighted by atomic mass is 35.5. The molecule has 0 aliphatic carbocycles. The molecule has 40 heavy (non-hydrogen) atoms. The zero-order valence-corrected chi connectivity index (χ0v) is 25.2. The van der Waals surface area contributed by atoms with Gasteiger partial charge in [-0.2, -0.15) is 0 Å². The van der Waals surface area contributed by atoms with Crippen molar-refractivity contribution in [3.63, 3.8) is 0 Å². The van der Waals surface area contributed by atoms with E-state index in [9.17, 15) is 14.7 Å². The van der Waals surface area contributed by atoms with Crippen molar-refractivity contribution in [3.8, 4) is 0 Å². The molecule has 0 spiro atoms. The monoisotopic (exact) mass is 580 g/mol. The number of halogens is 1. The summed E-state index contributed by atoms with van der Waals surface area (Å²) in [6.07, 6.45) is 2.95. The molecule has 8 nitrogen and oxygen atoms in total. The van der Waals surface area contributed by atoms with E-state index >= 15 is 0 Å². The van der Waals surface area contributed by atoms with Crippen LogP contribution < -0.4 is 15.7 Å². The summed E-state index contributed by atoms with van der Waals surface area (Å²) >= 11 is 6.08. The summed E-state index contributed by atoms with van der Waals surface area (Å²) in [4.78, 5) is 35.2. The largest absolute Gasteiger partial charge is 0.465 e. The first-order valence-electron chi connectivity index (χ1n) is 13.5. The predicted molar refractivity (Wildman–Crippen MR) is 158 cm³/mol. The summed E-state index contributed by atoms with van der Waals surface area (Å²) < 4.78 is 7.04. The number of carboxylic acid groups (broad SMARTS) is 1. The van der Waals surface area contributed by atoms with Gasteiger partial charge in [0, 0.05) is 18.9 Å². The van der Waals surface area contributed by atoms with Crippen LogP contribution in [0.25, 0.3) is 0 Å². The van der Waals surface area contributed by atoms with Gasteiger partial charge in [-0.1, -0.05) is 93.0 Å². The van der Waals surface area contributed by atoms with Crippen LogP contribution in [0, 0.1) is 5.41 Å². The molecule has 1 fully saturated rings. The van der Waals surface area contributed by atoms with Crippen LogP contribution in [0.4, 0.5) is 4.79 Å². The molecule has 0 radical (unpaired) electrons. The summed E-state index contributed by atoms with van der Waals surface area (Å²) in [7, 11) is -2.83. The first-order valence-corrected chi connectivity index (χ1v) is 15.7. The Kier molecular flexibility index (Phi) is 8.97. The topological polar surface area (TPSA) is 105 Å². The second kappa shape index (κ2) is 12.1. The van der Waals surface area contributed by atoms with Crippen LogP contribution in [-0.2, 0) is 15.8 Å². The van der Waals surface area contributed by atoms with Gasteiger partial charge < -0.3 is 19.7 Å². The fourth-order valence-electron chi connectivity index (χ4n) is 5.64. The van der Waals surface area contributed by atoms with Gasteiger partial charge in [0.15, 0.2) is 5.15 Å². The average molecular weight is 581 g/mol. The summed E-state index contributed by atoms with van der Waals surface area (Å²) in [5, 5.41) is 15.4. The standard InChI is InChI=1S/C30H37ClN4O4Si/c1-29(2,3)40(23-11-7-5-8-12-23,24-13-9-6-10-14-24)39-20-22-15-16-30(4,21-35(22)28(37)38)27(36)34-19-25-26(31)33-18-17-32-25/h5-14,17-18,22H,15-16,19-21H2,1-4H3,(H,34,36)(H,37,38). The van der Waals surface area contributed by atoms with Crippen LogP contribution >= 0.6 is 11.6 Å². The van der Waals surface area contributed by atoms with Crippen LogP contribution in [0.3, 0.4) is 0 Å². The van der Waals surface area contributed by atoms with Crippen molar-refractivity contribution in [2.45, 2.75) is 58.2 Å². The molecule has 0 saturated carbocycles. The lowest BCUT2D eigenvalue weighted by molar-refractivity contribution is -0.134. The van der Waals surface area contributed by atoms with Crippen molar-refractivity contribution < 1.29 is 19.1 Å². The summed E-state index contributed by atoms with van der Waals surface area (Å²) in [6.45, 7) is 8.81. The first-order chi connectivity index (χ1) is 19.0. The number of carbonyl (C=O) groups is 2. The number of benzene rings is 2. The molecular formula is C30H37ClN4O4Si. The van der Waals surface area contributed by atoms with Crippen molar-refractivity contribution in [1.82, 2.24) is 20.2 Å². The van der Waals surface area contributed by atoms with Gasteiger partial charge in [0.05, 0.1) is 30.3 Å². The molecule has 2 N–H and O–H groups in total. The molecule has 1 aliphatic heterocycles. The molecule has 212 valence electrons. The van der Waals surface area contributed by atoms with Gasteiger partial charge in [-0.25, -0.2) is 9.78 Å². The molecule has 4 rings (SSSR count). The van der Waals surface area contributed by atoms with Gasteiger partial charge in [-0.15, -0.1) is 0 Å². The molecule has 2 atom stereocenters. The zero-order chi connectivity index (χ0) is 29.0. The van der Waals surface area contributed by atoms with Crippen LogP contribution in [0.15, 0.2) is 73.1 Å². The Hall–Kier alpha value is -3.27. The van der Waals surface area contributed by atoms with Crippen LogP contribution in [0.2, 0.25) is 10.2 Å². The first kappa shape index (κ1) is 29.7. The van der Waals surface area contributed by atoms with E-state index in [-0.39, 0.29) is 41.8 Å². The normalized spacial score (nSPS) is 19.7. The lowest BCUT2D eigenvalue weighted by Crippen LogP contribution is -2.68. The Labute approximate surface area is 241 Å². The number of nitrogens with zero attached hydrogens (tertiary/aromatic N) is 3. The van der Waals surface area contributed by atoms with Crippen molar-refractivity contribution in [2.24, 2.45) is 5.41 Å². The third kappa shape index (κ3) is 6.06. The number of nitrogens with one attached hydrogen (secondary N) is 1. The van der Waals surface area contributed by atoms with Gasteiger partial charge in [-0.3, -0.25) is 9.78 Å². The fourth-order valence-corrected chi connectivity index (χ4v) is 10.4. The van der Waals surface area contributed by atoms with Crippen molar-refractivity contribution in [2.75, 3.05) is 13.2 Å². The maximum atomic E-state index is 13.3. The molecule has 10 heteroatoms. The lowest BCUT2D eigenvalue weighted by atomic mass is 9.78. The van der Waals surface area contributed by atoms with E-state index in [4.69, 9.17) is 16.0 Å². The van der Waals surface area contributed by atoms with Gasteiger partial charge in [-0.05, 0) is 35.2 Å². The average Bonchev–Trinajstić information content (AvgIpc) is 2.94. The Balaban J connectivity index is 1.56. The number of hydrogen-bond donors (Lipinski definition) is 2. The smallest absolute Gasteiger partial charge is 0.407 e. The van der Waals surface area contributed by atoms with Gasteiger partial charge in [0.2, 0.25) is 5.91 Å². The summed E-state index contributed by atoms with van der Waals surface area (Å²) in [6, 6.07) is 20.2. The van der Waals surface area contributed by atoms with E-state index in [2.05, 4.69) is 60.3 Å². The van der Waals surface area contributed by atoms with E-state index in [1.165, 1.54) is 17.3 Å². The number of amides is 2. The number of hydrogen-bond acceptors (Lipinski definition) is 5. The molecule has 1 aliphatic rings. The Bertz CT molecular complexity index is 1280. The number of rotatable bonds is 8. The molecule has 0 bridgehead atoms. The van der Waals surface area contributed by atoms with Crippen molar-refractivity contribution in [3.05, 3.63) is 83.9 Å². The molecule has 2 amide bonds. The van der Waals surface area contributed by atoms with Crippen LogP contribution in [0.5, 0.6) is 0 Å². The Morgan fingerprint density at radius 2 is 1.65 bits per heavy atom. The minimum absolute atomic E-state index is 0.0666. The van der Waals surface area contributed by atoms with Gasteiger partial charge in [0.25, 0.3) is 8.32 Å². The summed E-state index contributed by atoms with van der Waals surface area (Å²) in [5.74, 6) is -0.244. The lowest BCUT2D eigenvalue weighted by Gasteiger charge is -2.47. The number of carbonyl (C=O) groups excluding carboxylic acids is 1. The molecular weight excluding hydrogens is 544 g/mol. The molecule has 2 unspecified atom stereocenters. The van der Waals surface area contributed by atoms with Gasteiger partial charge >= 0.3 is 6.09 Å². The fraction of sp³-hybridized carbons (Fsp3) is 0.400. The van der Waals surface area contributed by atoms with Gasteiger partial charge in [0.1, 0.15) is 0 Å². The molecule has 2 aromatic carbocycles. The second-order valence-corrected chi connectivity index (χ2v) is 16.3. The molecule has 1 saturated heterocycles. The SMILES string of the molecule is CC1(C(=O)NCc2nccnc2Cl)CCC(CO[Si](c2ccccc2)(c2ccccc2)C(C)(C)C)N(C(=O)O)C1. The third-order valence-electron chi connectivity index (χ3n) is 7.83. The van der Waals surface area contributed by atoms with Crippen molar-refractivity contribution >= 4 is 42.3 Å². The maximum absolute atomic E-state index is 13.3. The van der Waals surface area contributed by atoms with E-state index in [0.717, 1.165) is 10.4 Å². The molecule has 3 aromatic rings. The maximum Gasteiger partial charge on any atom is 0.407 e. The Morgan fingerprint density at radius 1 is 1.07 bits per heavy atom. The highest BCUT2D eigenvalue weighted by Crippen LogP contribution is 2.38. The number of aromatic nitrogens is 2. The Morgan fingerprint density at radius 3 is 2.17 bits per heavy atom. The molecule has 1 aromatic heterocycles. The van der Waals surface area contributed by atoms with E-state index in [1.807, 2.05) is 36.4 Å². The van der Waals surface area contributed by atoms with E-state index < -0.39 is 19.8 Å². The minimum Gasteiger partial charge on any atom is -0.465 e.